The summed E-state index contributed by atoms with van der Waals surface area (Å²) in [6.45, 7) is 2.68. The first-order valence-corrected chi connectivity index (χ1v) is 7.18. The van der Waals surface area contributed by atoms with E-state index in [4.69, 9.17) is 9.84 Å². The summed E-state index contributed by atoms with van der Waals surface area (Å²) in [6.07, 6.45) is 3.75. The van der Waals surface area contributed by atoms with Crippen LogP contribution < -0.4 is 5.32 Å². The maximum atomic E-state index is 12.3. The van der Waals surface area contributed by atoms with Gasteiger partial charge in [-0.3, -0.25) is 4.79 Å². The second-order valence-electron chi connectivity index (χ2n) is 5.05. The molecular formula is C16H20N2O3. The summed E-state index contributed by atoms with van der Waals surface area (Å²) in [5.74, 6) is 5.49. The molecule has 0 aliphatic carbocycles. The summed E-state index contributed by atoms with van der Waals surface area (Å²) in [4.78, 5) is 16.5. The van der Waals surface area contributed by atoms with E-state index >= 15 is 0 Å². The highest BCUT2D eigenvalue weighted by Gasteiger charge is 2.22. The molecule has 1 saturated heterocycles. The van der Waals surface area contributed by atoms with Crippen molar-refractivity contribution >= 4 is 5.91 Å². The molecule has 1 aromatic heterocycles. The Hall–Kier alpha value is -1.90. The number of aliphatic hydroxyl groups is 1. The molecule has 2 N–H and O–H groups in total. The number of aromatic nitrogens is 1. The minimum Gasteiger partial charge on any atom is -0.395 e. The van der Waals surface area contributed by atoms with Gasteiger partial charge >= 0.3 is 0 Å². The van der Waals surface area contributed by atoms with Gasteiger partial charge in [0.15, 0.2) is 0 Å². The van der Waals surface area contributed by atoms with Gasteiger partial charge in [0.2, 0.25) is 0 Å². The van der Waals surface area contributed by atoms with E-state index in [0.29, 0.717) is 24.3 Å². The third kappa shape index (κ3) is 4.55. The molecule has 1 aliphatic rings. The Balaban J connectivity index is 2.07. The lowest BCUT2D eigenvalue weighted by molar-refractivity contribution is 0.0136. The van der Waals surface area contributed by atoms with Gasteiger partial charge in [0.05, 0.1) is 18.3 Å². The summed E-state index contributed by atoms with van der Waals surface area (Å²) in [7, 11) is 0. The maximum absolute atomic E-state index is 12.3. The average Bonchev–Trinajstić information content (AvgIpc) is 2.48. The number of rotatable bonds is 3. The van der Waals surface area contributed by atoms with Crippen molar-refractivity contribution in [1.82, 2.24) is 10.3 Å². The van der Waals surface area contributed by atoms with Gasteiger partial charge < -0.3 is 15.2 Å². The second kappa shape index (κ2) is 7.77. The first-order chi connectivity index (χ1) is 10.2. The van der Waals surface area contributed by atoms with E-state index in [0.717, 1.165) is 12.8 Å². The van der Waals surface area contributed by atoms with Crippen LogP contribution in [0.1, 0.15) is 42.2 Å². The number of carbonyl (C=O) groups is 1. The Morgan fingerprint density at radius 1 is 1.62 bits per heavy atom. The van der Waals surface area contributed by atoms with E-state index in [2.05, 4.69) is 22.1 Å². The maximum Gasteiger partial charge on any atom is 0.271 e. The molecule has 0 aromatic carbocycles. The smallest absolute Gasteiger partial charge is 0.271 e. The van der Waals surface area contributed by atoms with Gasteiger partial charge in [0.25, 0.3) is 5.91 Å². The molecule has 2 rings (SSSR count). The summed E-state index contributed by atoms with van der Waals surface area (Å²) >= 11 is 0. The van der Waals surface area contributed by atoms with E-state index in [1.54, 1.807) is 18.3 Å². The van der Waals surface area contributed by atoms with Crippen LogP contribution in [-0.2, 0) is 4.74 Å². The number of hydrogen-bond acceptors (Lipinski definition) is 4. The van der Waals surface area contributed by atoms with Crippen molar-refractivity contribution in [3.05, 3.63) is 29.6 Å². The van der Waals surface area contributed by atoms with Gasteiger partial charge in [-0.15, -0.1) is 0 Å². The molecule has 2 unspecified atom stereocenters. The highest BCUT2D eigenvalue weighted by molar-refractivity contribution is 5.94. The summed E-state index contributed by atoms with van der Waals surface area (Å²) in [5, 5.41) is 11.8. The third-order valence-electron chi connectivity index (χ3n) is 3.30. The average molecular weight is 288 g/mol. The third-order valence-corrected chi connectivity index (χ3v) is 3.30. The molecule has 0 spiro atoms. The van der Waals surface area contributed by atoms with E-state index < -0.39 is 0 Å². The molecule has 1 fully saturated rings. The van der Waals surface area contributed by atoms with E-state index in [-0.39, 0.29) is 24.7 Å². The predicted molar refractivity (Wildman–Crippen MR) is 78.7 cm³/mol. The largest absolute Gasteiger partial charge is 0.395 e. The number of ether oxygens (including phenoxy) is 1. The molecule has 1 amide bonds. The van der Waals surface area contributed by atoms with Crippen molar-refractivity contribution < 1.29 is 14.6 Å². The number of nitrogens with one attached hydrogen (secondary N) is 1. The van der Waals surface area contributed by atoms with Crippen molar-refractivity contribution in [2.75, 3.05) is 13.2 Å². The molecule has 0 bridgehead atoms. The van der Waals surface area contributed by atoms with Gasteiger partial charge in [-0.2, -0.15) is 0 Å². The molecule has 0 radical (unpaired) electrons. The zero-order valence-electron chi connectivity index (χ0n) is 12.1. The molecule has 5 nitrogen and oxygen atoms in total. The van der Waals surface area contributed by atoms with Crippen LogP contribution in [0.2, 0.25) is 0 Å². The number of amides is 1. The number of hydrogen-bond donors (Lipinski definition) is 2. The number of pyridine rings is 1. The Bertz CT molecular complexity index is 548. The van der Waals surface area contributed by atoms with Gasteiger partial charge in [0.1, 0.15) is 5.69 Å². The van der Waals surface area contributed by atoms with Crippen LogP contribution in [0.15, 0.2) is 18.3 Å². The van der Waals surface area contributed by atoms with Crippen molar-refractivity contribution in [2.24, 2.45) is 0 Å². The Morgan fingerprint density at radius 3 is 3.24 bits per heavy atom. The first kappa shape index (κ1) is 15.5. The number of nitrogens with zero attached hydrogens (tertiary/aromatic N) is 1. The molecule has 2 atom stereocenters. The topological polar surface area (TPSA) is 71.5 Å². The lowest BCUT2D eigenvalue weighted by atomic mass is 10.0. The first-order valence-electron chi connectivity index (χ1n) is 7.18. The predicted octanol–water partition coefficient (Wildman–Crippen LogP) is 1.11. The molecule has 0 saturated carbocycles. The molecule has 112 valence electrons. The van der Waals surface area contributed by atoms with E-state index in [1.807, 2.05) is 6.92 Å². The molecule has 1 aromatic rings. The molecule has 2 heterocycles. The van der Waals surface area contributed by atoms with Crippen LogP contribution in [-0.4, -0.2) is 41.4 Å². The van der Waals surface area contributed by atoms with Crippen LogP contribution in [0.4, 0.5) is 0 Å². The fourth-order valence-electron chi connectivity index (χ4n) is 2.28. The fraction of sp³-hybridized carbons (Fsp3) is 0.500. The van der Waals surface area contributed by atoms with Crippen LogP contribution >= 0.6 is 0 Å². The molecular weight excluding hydrogens is 268 g/mol. The van der Waals surface area contributed by atoms with E-state index in [9.17, 15) is 4.79 Å². The van der Waals surface area contributed by atoms with Crippen molar-refractivity contribution in [3.63, 3.8) is 0 Å². The van der Waals surface area contributed by atoms with Crippen LogP contribution in [0.3, 0.4) is 0 Å². The zero-order chi connectivity index (χ0) is 15.1. The highest BCUT2D eigenvalue weighted by Crippen LogP contribution is 2.14. The van der Waals surface area contributed by atoms with Gasteiger partial charge in [-0.05, 0) is 31.9 Å². The van der Waals surface area contributed by atoms with Crippen molar-refractivity contribution in [2.45, 2.75) is 38.3 Å². The minimum absolute atomic E-state index is 0.00868. The van der Waals surface area contributed by atoms with Gasteiger partial charge in [-0.25, -0.2) is 4.98 Å². The normalized spacial score (nSPS) is 21.2. The Labute approximate surface area is 124 Å². The van der Waals surface area contributed by atoms with Gasteiger partial charge in [0, 0.05) is 25.3 Å². The second-order valence-corrected chi connectivity index (χ2v) is 5.05. The van der Waals surface area contributed by atoms with Gasteiger partial charge in [-0.1, -0.05) is 11.8 Å². The molecule has 5 heteroatoms. The highest BCUT2D eigenvalue weighted by atomic mass is 16.5. The molecule has 21 heavy (non-hydrogen) atoms. The molecule has 1 aliphatic heterocycles. The van der Waals surface area contributed by atoms with Crippen molar-refractivity contribution in [1.29, 1.82) is 0 Å². The lowest BCUT2D eigenvalue weighted by Gasteiger charge is -2.27. The quantitative estimate of drug-likeness (QED) is 0.817. The van der Waals surface area contributed by atoms with E-state index in [1.165, 1.54) is 0 Å². The Morgan fingerprint density at radius 2 is 2.48 bits per heavy atom. The minimum atomic E-state index is -0.206. The SMILES string of the molecule is CC1CC(NC(=O)c2ncccc2C#CCCO)CCO1. The number of aliphatic hydroxyl groups excluding tert-OH is 1. The summed E-state index contributed by atoms with van der Waals surface area (Å²) < 4.78 is 5.47. The monoisotopic (exact) mass is 288 g/mol. The van der Waals surface area contributed by atoms with Crippen LogP contribution in [0.5, 0.6) is 0 Å². The lowest BCUT2D eigenvalue weighted by Crippen LogP contribution is -2.41. The standard InChI is InChI=1S/C16H20N2O3/c1-12-11-14(7-10-21-12)18-16(20)15-13(5-2-3-9-19)6-4-8-17-15/h4,6,8,12,14,19H,3,7,9-11H2,1H3,(H,18,20). The zero-order valence-corrected chi connectivity index (χ0v) is 12.1. The van der Waals surface area contributed by atoms with Crippen molar-refractivity contribution in [3.8, 4) is 11.8 Å². The van der Waals surface area contributed by atoms with Crippen LogP contribution in [0.25, 0.3) is 0 Å². The Kier molecular flexibility index (Phi) is 5.73. The summed E-state index contributed by atoms with van der Waals surface area (Å²) in [5.41, 5.74) is 0.922. The fourth-order valence-corrected chi connectivity index (χ4v) is 2.28. The summed E-state index contributed by atoms with van der Waals surface area (Å²) in [6, 6.07) is 3.62. The van der Waals surface area contributed by atoms with Crippen LogP contribution in [0, 0.1) is 11.8 Å². The number of carbonyl (C=O) groups excluding carboxylic acids is 1.